The molecule has 2 nitrogen and oxygen atoms in total. The molecule has 1 unspecified atom stereocenters. The maximum absolute atomic E-state index is 12.8. The highest BCUT2D eigenvalue weighted by Gasteiger charge is 2.09. The van der Waals surface area contributed by atoms with Crippen molar-refractivity contribution in [3.05, 3.63) is 35.4 Å². The lowest BCUT2D eigenvalue weighted by molar-refractivity contribution is 0.521. The van der Waals surface area contributed by atoms with Crippen molar-refractivity contribution in [3.63, 3.8) is 0 Å². The van der Waals surface area contributed by atoms with Gasteiger partial charge in [-0.2, -0.15) is 0 Å². The number of benzene rings is 1. The van der Waals surface area contributed by atoms with E-state index in [9.17, 15) is 8.78 Å². The van der Waals surface area contributed by atoms with E-state index in [1.54, 1.807) is 0 Å². The van der Waals surface area contributed by atoms with Crippen molar-refractivity contribution in [1.29, 1.82) is 0 Å². The van der Waals surface area contributed by atoms with E-state index in [0.717, 1.165) is 6.07 Å². The van der Waals surface area contributed by atoms with Gasteiger partial charge in [0.15, 0.2) is 0 Å². The predicted octanol–water partition coefficient (Wildman–Crippen LogP) is 1.88. The van der Waals surface area contributed by atoms with Crippen molar-refractivity contribution in [3.8, 4) is 0 Å². The Labute approximate surface area is 75.7 Å². The van der Waals surface area contributed by atoms with Gasteiger partial charge >= 0.3 is 0 Å². The molecule has 0 aromatic heterocycles. The second-order valence-electron chi connectivity index (χ2n) is 2.83. The maximum atomic E-state index is 12.8. The Bertz CT molecular complexity index is 265. The van der Waals surface area contributed by atoms with Crippen LogP contribution in [0.2, 0.25) is 0 Å². The minimum Gasteiger partial charge on any atom is -0.271 e. The van der Waals surface area contributed by atoms with Gasteiger partial charge in [-0.3, -0.25) is 11.3 Å². The van der Waals surface area contributed by atoms with Gasteiger partial charge in [0, 0.05) is 12.1 Å². The average molecular weight is 186 g/mol. The first-order valence-electron chi connectivity index (χ1n) is 4.09. The van der Waals surface area contributed by atoms with E-state index < -0.39 is 11.6 Å². The van der Waals surface area contributed by atoms with Gasteiger partial charge in [0.05, 0.1) is 0 Å². The van der Waals surface area contributed by atoms with E-state index in [4.69, 9.17) is 5.84 Å². The molecule has 1 aromatic carbocycles. The van der Waals surface area contributed by atoms with E-state index in [0.29, 0.717) is 12.0 Å². The van der Waals surface area contributed by atoms with Crippen molar-refractivity contribution < 1.29 is 8.78 Å². The lowest BCUT2D eigenvalue weighted by Crippen LogP contribution is -2.27. The van der Waals surface area contributed by atoms with Gasteiger partial charge in [-0.15, -0.1) is 0 Å². The van der Waals surface area contributed by atoms with Crippen LogP contribution in [0.1, 0.15) is 24.9 Å². The Kier molecular flexibility index (Phi) is 3.33. The van der Waals surface area contributed by atoms with E-state index in [-0.39, 0.29) is 6.04 Å². The fourth-order valence-electron chi connectivity index (χ4n) is 1.23. The van der Waals surface area contributed by atoms with Crippen LogP contribution >= 0.6 is 0 Å². The van der Waals surface area contributed by atoms with Crippen LogP contribution in [0.3, 0.4) is 0 Å². The van der Waals surface area contributed by atoms with Gasteiger partial charge in [0.2, 0.25) is 0 Å². The molecule has 0 saturated carbocycles. The topological polar surface area (TPSA) is 38.0 Å². The van der Waals surface area contributed by atoms with Crippen molar-refractivity contribution >= 4 is 0 Å². The number of hydrogen-bond donors (Lipinski definition) is 2. The molecule has 4 heteroatoms. The molecule has 1 aromatic rings. The largest absolute Gasteiger partial charge is 0.271 e. The maximum Gasteiger partial charge on any atom is 0.126 e. The van der Waals surface area contributed by atoms with E-state index in [2.05, 4.69) is 5.43 Å². The Balaban J connectivity index is 2.99. The van der Waals surface area contributed by atoms with Gasteiger partial charge in [0.1, 0.15) is 11.6 Å². The standard InChI is InChI=1S/C9H12F2N2/c1-2-9(13-12)6-3-7(10)5-8(11)4-6/h3-5,9,13H,2,12H2,1H3. The molecule has 0 heterocycles. The van der Waals surface area contributed by atoms with Gasteiger partial charge < -0.3 is 0 Å². The van der Waals surface area contributed by atoms with Crippen LogP contribution in [-0.4, -0.2) is 0 Å². The molecule has 3 N–H and O–H groups in total. The minimum absolute atomic E-state index is 0.204. The summed E-state index contributed by atoms with van der Waals surface area (Å²) in [7, 11) is 0. The smallest absolute Gasteiger partial charge is 0.126 e. The van der Waals surface area contributed by atoms with Crippen LogP contribution in [0.15, 0.2) is 18.2 Å². The zero-order valence-electron chi connectivity index (χ0n) is 7.35. The molecule has 0 fully saturated rings. The van der Waals surface area contributed by atoms with Gasteiger partial charge in [0.25, 0.3) is 0 Å². The molecular weight excluding hydrogens is 174 g/mol. The normalized spacial score (nSPS) is 12.9. The third-order valence-corrected chi connectivity index (χ3v) is 1.90. The lowest BCUT2D eigenvalue weighted by atomic mass is 10.1. The van der Waals surface area contributed by atoms with E-state index in [1.807, 2.05) is 6.92 Å². The monoisotopic (exact) mass is 186 g/mol. The zero-order valence-corrected chi connectivity index (χ0v) is 7.35. The second-order valence-corrected chi connectivity index (χ2v) is 2.83. The van der Waals surface area contributed by atoms with Crippen LogP contribution in [0.25, 0.3) is 0 Å². The van der Waals surface area contributed by atoms with E-state index >= 15 is 0 Å². The number of hydrazine groups is 1. The molecule has 0 aliphatic heterocycles. The Morgan fingerprint density at radius 3 is 2.23 bits per heavy atom. The summed E-state index contributed by atoms with van der Waals surface area (Å²) in [4.78, 5) is 0. The molecule has 0 spiro atoms. The Morgan fingerprint density at radius 1 is 1.31 bits per heavy atom. The van der Waals surface area contributed by atoms with E-state index in [1.165, 1.54) is 12.1 Å². The number of rotatable bonds is 3. The van der Waals surface area contributed by atoms with Crippen molar-refractivity contribution in [2.24, 2.45) is 5.84 Å². The molecule has 0 radical (unpaired) electrons. The summed E-state index contributed by atoms with van der Waals surface area (Å²) in [5.74, 6) is 4.06. The van der Waals surface area contributed by atoms with Crippen LogP contribution in [-0.2, 0) is 0 Å². The Hall–Kier alpha value is -1.00. The summed E-state index contributed by atoms with van der Waals surface area (Å²) in [6, 6.07) is 3.19. The molecular formula is C9H12F2N2. The number of halogens is 2. The molecule has 0 bridgehead atoms. The number of nitrogens with two attached hydrogens (primary N) is 1. The molecule has 1 atom stereocenters. The molecule has 1 rings (SSSR count). The molecule has 0 saturated heterocycles. The van der Waals surface area contributed by atoms with Crippen LogP contribution < -0.4 is 11.3 Å². The third-order valence-electron chi connectivity index (χ3n) is 1.90. The molecule has 72 valence electrons. The molecule has 0 aliphatic rings. The summed E-state index contributed by atoms with van der Waals surface area (Å²) in [6.07, 6.45) is 0.680. The van der Waals surface area contributed by atoms with Crippen LogP contribution in [0, 0.1) is 11.6 Å². The molecule has 0 aliphatic carbocycles. The third kappa shape index (κ3) is 2.47. The fourth-order valence-corrected chi connectivity index (χ4v) is 1.23. The number of hydrogen-bond acceptors (Lipinski definition) is 2. The number of nitrogens with one attached hydrogen (secondary N) is 1. The summed E-state index contributed by atoms with van der Waals surface area (Å²) < 4.78 is 25.5. The first kappa shape index (κ1) is 10.1. The highest BCUT2D eigenvalue weighted by Crippen LogP contribution is 2.17. The first-order chi connectivity index (χ1) is 6.17. The van der Waals surface area contributed by atoms with Crippen LogP contribution in [0.4, 0.5) is 8.78 Å². The summed E-state index contributed by atoms with van der Waals surface area (Å²) >= 11 is 0. The first-order valence-corrected chi connectivity index (χ1v) is 4.09. The average Bonchev–Trinajstić information content (AvgIpc) is 2.04. The summed E-state index contributed by atoms with van der Waals surface area (Å²) in [6.45, 7) is 1.88. The molecule has 13 heavy (non-hydrogen) atoms. The Morgan fingerprint density at radius 2 is 1.85 bits per heavy atom. The van der Waals surface area contributed by atoms with Gasteiger partial charge in [-0.1, -0.05) is 6.92 Å². The summed E-state index contributed by atoms with van der Waals surface area (Å²) in [5.41, 5.74) is 3.02. The van der Waals surface area contributed by atoms with Gasteiger partial charge in [-0.05, 0) is 24.1 Å². The quantitative estimate of drug-likeness (QED) is 0.558. The van der Waals surface area contributed by atoms with Gasteiger partial charge in [-0.25, -0.2) is 8.78 Å². The second kappa shape index (κ2) is 4.30. The SMILES string of the molecule is CCC(NN)c1cc(F)cc(F)c1. The van der Waals surface area contributed by atoms with Crippen molar-refractivity contribution in [2.75, 3.05) is 0 Å². The fraction of sp³-hybridized carbons (Fsp3) is 0.333. The zero-order chi connectivity index (χ0) is 9.84. The minimum atomic E-state index is -0.580. The van der Waals surface area contributed by atoms with Crippen molar-refractivity contribution in [1.82, 2.24) is 5.43 Å². The predicted molar refractivity (Wildman–Crippen MR) is 46.7 cm³/mol. The van der Waals surface area contributed by atoms with Crippen LogP contribution in [0.5, 0.6) is 0 Å². The highest BCUT2D eigenvalue weighted by atomic mass is 19.1. The van der Waals surface area contributed by atoms with Crippen molar-refractivity contribution in [2.45, 2.75) is 19.4 Å². The molecule has 0 amide bonds. The highest BCUT2D eigenvalue weighted by molar-refractivity contribution is 5.21. The summed E-state index contributed by atoms with van der Waals surface area (Å²) in [5, 5.41) is 0. The lowest BCUT2D eigenvalue weighted by Gasteiger charge is -2.13.